The fourth-order valence-corrected chi connectivity index (χ4v) is 3.93. The van der Waals surface area contributed by atoms with Gasteiger partial charge in [0, 0.05) is 16.6 Å². The van der Waals surface area contributed by atoms with E-state index in [1.165, 1.54) is 11.8 Å². The molecule has 1 fully saturated rings. The first-order valence-corrected chi connectivity index (χ1v) is 9.37. The number of halogens is 2. The summed E-state index contributed by atoms with van der Waals surface area (Å²) in [5.41, 5.74) is 2.69. The molecule has 1 amide bonds. The number of para-hydroxylation sites is 1. The Balaban J connectivity index is 1.98. The SMILES string of the molecule is CCN1C(=O)/C(=C\c2ccc(Cl)cc2Cl)SC1=Nc1ccccc1C. The fourth-order valence-electron chi connectivity index (χ4n) is 2.42. The molecular formula is C19H16Cl2N2OS. The van der Waals surface area contributed by atoms with Crippen molar-refractivity contribution in [1.82, 2.24) is 4.90 Å². The maximum Gasteiger partial charge on any atom is 0.266 e. The van der Waals surface area contributed by atoms with E-state index in [0.29, 0.717) is 26.7 Å². The molecule has 6 heteroatoms. The van der Waals surface area contributed by atoms with Gasteiger partial charge in [0.15, 0.2) is 5.17 Å². The number of amides is 1. The van der Waals surface area contributed by atoms with Crippen LogP contribution < -0.4 is 0 Å². The zero-order chi connectivity index (χ0) is 18.0. The molecule has 3 rings (SSSR count). The Morgan fingerprint density at radius 1 is 1.20 bits per heavy atom. The Hall–Kier alpha value is -1.75. The second-order valence-corrected chi connectivity index (χ2v) is 7.36. The summed E-state index contributed by atoms with van der Waals surface area (Å²) in [6.45, 7) is 4.49. The lowest BCUT2D eigenvalue weighted by Crippen LogP contribution is -2.28. The fraction of sp³-hybridized carbons (Fsp3) is 0.158. The summed E-state index contributed by atoms with van der Waals surface area (Å²) in [6, 6.07) is 13.1. The number of amidine groups is 1. The van der Waals surface area contributed by atoms with Gasteiger partial charge in [0.05, 0.1) is 10.6 Å². The molecule has 25 heavy (non-hydrogen) atoms. The van der Waals surface area contributed by atoms with Crippen molar-refractivity contribution in [2.24, 2.45) is 4.99 Å². The highest BCUT2D eigenvalue weighted by Gasteiger charge is 2.32. The first kappa shape index (κ1) is 18.1. The molecule has 1 saturated heterocycles. The first-order chi connectivity index (χ1) is 12.0. The maximum atomic E-state index is 12.7. The summed E-state index contributed by atoms with van der Waals surface area (Å²) < 4.78 is 0. The predicted octanol–water partition coefficient (Wildman–Crippen LogP) is 5.93. The number of hydrogen-bond donors (Lipinski definition) is 0. The molecule has 128 valence electrons. The van der Waals surface area contributed by atoms with Crippen molar-refractivity contribution in [3.8, 4) is 0 Å². The van der Waals surface area contributed by atoms with Crippen LogP contribution in [0, 0.1) is 6.92 Å². The van der Waals surface area contributed by atoms with E-state index < -0.39 is 0 Å². The van der Waals surface area contributed by atoms with E-state index >= 15 is 0 Å². The molecular weight excluding hydrogens is 375 g/mol. The van der Waals surface area contributed by atoms with Crippen LogP contribution in [0.1, 0.15) is 18.1 Å². The molecule has 0 radical (unpaired) electrons. The van der Waals surface area contributed by atoms with Crippen molar-refractivity contribution in [3.05, 3.63) is 68.5 Å². The minimum Gasteiger partial charge on any atom is -0.287 e. The van der Waals surface area contributed by atoms with Crippen LogP contribution in [0.5, 0.6) is 0 Å². The van der Waals surface area contributed by atoms with Gasteiger partial charge < -0.3 is 0 Å². The molecule has 2 aromatic rings. The van der Waals surface area contributed by atoms with E-state index in [1.54, 1.807) is 29.2 Å². The van der Waals surface area contributed by atoms with Crippen LogP contribution in [0.15, 0.2) is 52.4 Å². The molecule has 1 aliphatic rings. The third-order valence-corrected chi connectivity index (χ3v) is 5.35. The van der Waals surface area contributed by atoms with Gasteiger partial charge >= 0.3 is 0 Å². The minimum atomic E-state index is -0.0640. The number of aliphatic imine (C=N–C) groups is 1. The summed E-state index contributed by atoms with van der Waals surface area (Å²) >= 11 is 13.5. The van der Waals surface area contributed by atoms with Crippen LogP contribution >= 0.6 is 35.0 Å². The van der Waals surface area contributed by atoms with E-state index in [0.717, 1.165) is 16.8 Å². The smallest absolute Gasteiger partial charge is 0.266 e. The topological polar surface area (TPSA) is 32.7 Å². The summed E-state index contributed by atoms with van der Waals surface area (Å²) in [7, 11) is 0. The van der Waals surface area contributed by atoms with Gasteiger partial charge in [0.25, 0.3) is 5.91 Å². The minimum absolute atomic E-state index is 0.0640. The lowest BCUT2D eigenvalue weighted by Gasteiger charge is -2.12. The number of benzene rings is 2. The van der Waals surface area contributed by atoms with E-state index in [9.17, 15) is 4.79 Å². The van der Waals surface area contributed by atoms with Crippen molar-refractivity contribution >= 4 is 57.8 Å². The number of aryl methyl sites for hydroxylation is 1. The summed E-state index contributed by atoms with van der Waals surface area (Å²) in [5.74, 6) is -0.0640. The molecule has 2 aromatic carbocycles. The lowest BCUT2D eigenvalue weighted by atomic mass is 10.2. The third-order valence-electron chi connectivity index (χ3n) is 3.78. The van der Waals surface area contributed by atoms with Gasteiger partial charge in [-0.15, -0.1) is 0 Å². The molecule has 0 atom stereocenters. The summed E-state index contributed by atoms with van der Waals surface area (Å²) in [6.07, 6.45) is 1.79. The average Bonchev–Trinajstić information content (AvgIpc) is 2.87. The molecule has 1 aliphatic heterocycles. The molecule has 1 heterocycles. The van der Waals surface area contributed by atoms with Gasteiger partial charge in [-0.2, -0.15) is 0 Å². The van der Waals surface area contributed by atoms with Crippen molar-refractivity contribution in [2.75, 3.05) is 6.54 Å². The highest BCUT2D eigenvalue weighted by Crippen LogP contribution is 2.35. The number of likely N-dealkylation sites (N-methyl/N-ethyl adjacent to an activating group) is 1. The molecule has 0 aromatic heterocycles. The van der Waals surface area contributed by atoms with Crippen molar-refractivity contribution in [3.63, 3.8) is 0 Å². The Morgan fingerprint density at radius 3 is 2.64 bits per heavy atom. The van der Waals surface area contributed by atoms with E-state index in [4.69, 9.17) is 23.2 Å². The Labute approximate surface area is 161 Å². The molecule has 0 bridgehead atoms. The quantitative estimate of drug-likeness (QED) is 0.608. The van der Waals surface area contributed by atoms with Crippen molar-refractivity contribution in [2.45, 2.75) is 13.8 Å². The number of carbonyl (C=O) groups is 1. The Bertz CT molecular complexity index is 893. The zero-order valence-electron chi connectivity index (χ0n) is 13.8. The van der Waals surface area contributed by atoms with Crippen LogP contribution in [0.2, 0.25) is 10.0 Å². The molecule has 0 N–H and O–H groups in total. The number of nitrogens with zero attached hydrogens (tertiary/aromatic N) is 2. The second-order valence-electron chi connectivity index (χ2n) is 5.51. The number of hydrogen-bond acceptors (Lipinski definition) is 3. The highest BCUT2D eigenvalue weighted by atomic mass is 35.5. The van der Waals surface area contributed by atoms with Gasteiger partial charge in [-0.1, -0.05) is 47.5 Å². The van der Waals surface area contributed by atoms with Crippen molar-refractivity contribution < 1.29 is 4.79 Å². The molecule has 3 nitrogen and oxygen atoms in total. The predicted molar refractivity (Wildman–Crippen MR) is 108 cm³/mol. The van der Waals surface area contributed by atoms with Crippen LogP contribution in [-0.4, -0.2) is 22.5 Å². The van der Waals surface area contributed by atoms with Crippen LogP contribution in [0.25, 0.3) is 6.08 Å². The van der Waals surface area contributed by atoms with Crippen LogP contribution in [0.3, 0.4) is 0 Å². The zero-order valence-corrected chi connectivity index (χ0v) is 16.1. The largest absolute Gasteiger partial charge is 0.287 e. The van der Waals surface area contributed by atoms with E-state index in [1.807, 2.05) is 38.1 Å². The molecule has 0 unspecified atom stereocenters. The highest BCUT2D eigenvalue weighted by molar-refractivity contribution is 8.18. The van der Waals surface area contributed by atoms with E-state index in [-0.39, 0.29) is 5.91 Å². The van der Waals surface area contributed by atoms with E-state index in [2.05, 4.69) is 4.99 Å². The Kier molecular flexibility index (Phi) is 5.52. The lowest BCUT2D eigenvalue weighted by molar-refractivity contribution is -0.122. The van der Waals surface area contributed by atoms with Crippen molar-refractivity contribution in [1.29, 1.82) is 0 Å². The molecule has 0 saturated carbocycles. The van der Waals surface area contributed by atoms with Gasteiger partial charge in [-0.3, -0.25) is 9.69 Å². The standard InChI is InChI=1S/C19H16Cl2N2OS/c1-3-23-18(24)17(10-13-8-9-14(20)11-15(13)21)25-19(23)22-16-7-5-4-6-12(16)2/h4-11H,3H2,1-2H3/b17-10+,22-19?. The normalized spacial score (nSPS) is 17.8. The second kappa shape index (κ2) is 7.65. The summed E-state index contributed by atoms with van der Waals surface area (Å²) in [5, 5.41) is 1.76. The number of rotatable bonds is 3. The van der Waals surface area contributed by atoms with Gasteiger partial charge in [0.2, 0.25) is 0 Å². The Morgan fingerprint density at radius 2 is 1.96 bits per heavy atom. The monoisotopic (exact) mass is 390 g/mol. The third kappa shape index (κ3) is 3.92. The van der Waals surface area contributed by atoms with Crippen LogP contribution in [-0.2, 0) is 4.79 Å². The molecule has 0 aliphatic carbocycles. The van der Waals surface area contributed by atoms with Gasteiger partial charge in [-0.25, -0.2) is 4.99 Å². The number of thioether (sulfide) groups is 1. The average molecular weight is 391 g/mol. The summed E-state index contributed by atoms with van der Waals surface area (Å²) in [4.78, 5) is 19.6. The maximum absolute atomic E-state index is 12.7. The number of carbonyl (C=O) groups excluding carboxylic acids is 1. The van der Waals surface area contributed by atoms with Crippen LogP contribution in [0.4, 0.5) is 5.69 Å². The molecule has 0 spiro atoms. The van der Waals surface area contributed by atoms with Gasteiger partial charge in [-0.05, 0) is 61.0 Å². The first-order valence-electron chi connectivity index (χ1n) is 7.80. The van der Waals surface area contributed by atoms with Gasteiger partial charge in [0.1, 0.15) is 0 Å².